The van der Waals surface area contributed by atoms with Gasteiger partial charge in [0.25, 0.3) is 0 Å². The van der Waals surface area contributed by atoms with Gasteiger partial charge in [0.05, 0.1) is 13.0 Å². The molecule has 0 aliphatic carbocycles. The van der Waals surface area contributed by atoms with Gasteiger partial charge in [0.2, 0.25) is 0 Å². The number of ether oxygens (including phenoxy) is 2. The van der Waals surface area contributed by atoms with Crippen molar-refractivity contribution < 1.29 is 13.9 Å². The zero-order chi connectivity index (χ0) is 14.5. The third-order valence-electron chi connectivity index (χ3n) is 2.81. The number of hydrogen-bond donors (Lipinski definition) is 0. The van der Waals surface area contributed by atoms with Crippen LogP contribution in [0.4, 0.5) is 4.39 Å². The predicted molar refractivity (Wildman–Crippen MR) is 78.3 cm³/mol. The fourth-order valence-corrected chi connectivity index (χ4v) is 2.13. The van der Waals surface area contributed by atoms with E-state index in [1.54, 1.807) is 19.2 Å². The second-order valence-electron chi connectivity index (χ2n) is 4.13. The van der Waals surface area contributed by atoms with Gasteiger partial charge in [-0.05, 0) is 24.3 Å². The fourth-order valence-electron chi connectivity index (χ4n) is 1.72. The molecule has 0 spiro atoms. The Morgan fingerprint density at radius 2 is 1.90 bits per heavy atom. The summed E-state index contributed by atoms with van der Waals surface area (Å²) in [5, 5.41) is 0.466. The molecule has 20 heavy (non-hydrogen) atoms. The number of benzene rings is 2. The lowest BCUT2D eigenvalue weighted by Crippen LogP contribution is -2.01. The Hall–Kier alpha value is -1.45. The van der Waals surface area contributed by atoms with E-state index in [0.29, 0.717) is 28.0 Å². The lowest BCUT2D eigenvalue weighted by molar-refractivity contribution is 0.295. The molecule has 2 nitrogen and oxygen atoms in total. The molecule has 106 valence electrons. The van der Waals surface area contributed by atoms with Crippen molar-refractivity contribution in [3.8, 4) is 11.5 Å². The van der Waals surface area contributed by atoms with Crippen LogP contribution < -0.4 is 9.47 Å². The Kier molecular flexibility index (Phi) is 5.10. The van der Waals surface area contributed by atoms with Crippen LogP contribution in [-0.4, -0.2) is 7.11 Å². The van der Waals surface area contributed by atoms with Crippen LogP contribution in [0.3, 0.4) is 0 Å². The van der Waals surface area contributed by atoms with Crippen LogP contribution in [0.2, 0.25) is 5.02 Å². The van der Waals surface area contributed by atoms with Crippen LogP contribution >= 0.6 is 23.2 Å². The van der Waals surface area contributed by atoms with Gasteiger partial charge in [-0.25, -0.2) is 4.39 Å². The fraction of sp³-hybridized carbons (Fsp3) is 0.200. The van der Waals surface area contributed by atoms with E-state index in [4.69, 9.17) is 32.7 Å². The van der Waals surface area contributed by atoms with Crippen molar-refractivity contribution in [1.29, 1.82) is 0 Å². The second-order valence-corrected chi connectivity index (χ2v) is 4.84. The van der Waals surface area contributed by atoms with Crippen LogP contribution in [0.25, 0.3) is 0 Å². The second kappa shape index (κ2) is 6.82. The molecule has 0 saturated carbocycles. The lowest BCUT2D eigenvalue weighted by Gasteiger charge is -2.12. The van der Waals surface area contributed by atoms with Crippen LogP contribution in [0, 0.1) is 5.82 Å². The Balaban J connectivity index is 2.19. The van der Waals surface area contributed by atoms with E-state index in [1.807, 2.05) is 6.07 Å². The molecule has 2 aromatic rings. The molecular weight excluding hydrogens is 302 g/mol. The average Bonchev–Trinajstić information content (AvgIpc) is 2.47. The Bertz CT molecular complexity index is 602. The minimum Gasteiger partial charge on any atom is -0.497 e. The van der Waals surface area contributed by atoms with E-state index in [2.05, 4.69) is 0 Å². The molecule has 0 saturated heterocycles. The van der Waals surface area contributed by atoms with Crippen LogP contribution in [0.1, 0.15) is 11.1 Å². The first-order valence-corrected chi connectivity index (χ1v) is 6.85. The lowest BCUT2D eigenvalue weighted by atomic mass is 10.2. The van der Waals surface area contributed by atoms with Crippen molar-refractivity contribution >= 4 is 23.2 Å². The normalized spacial score (nSPS) is 10.4. The van der Waals surface area contributed by atoms with E-state index < -0.39 is 0 Å². The summed E-state index contributed by atoms with van der Waals surface area (Å²) in [7, 11) is 1.57. The molecule has 0 unspecified atom stereocenters. The molecule has 0 fully saturated rings. The maximum atomic E-state index is 13.6. The first-order valence-electron chi connectivity index (χ1n) is 5.93. The maximum Gasteiger partial charge on any atom is 0.129 e. The molecule has 0 radical (unpaired) electrons. The standard InChI is InChI=1S/C15H13Cl2FO2/c1-19-13-4-2-10(8-16)15(7-13)20-9-11-6-12(17)3-5-14(11)18/h2-7H,8-9H2,1H3. The molecule has 0 N–H and O–H groups in total. The van der Waals surface area contributed by atoms with Gasteiger partial charge in [0.1, 0.15) is 23.9 Å². The third-order valence-corrected chi connectivity index (χ3v) is 3.33. The van der Waals surface area contributed by atoms with Crippen molar-refractivity contribution in [3.63, 3.8) is 0 Å². The van der Waals surface area contributed by atoms with Gasteiger partial charge in [-0.15, -0.1) is 11.6 Å². The summed E-state index contributed by atoms with van der Waals surface area (Å²) in [5.41, 5.74) is 1.20. The summed E-state index contributed by atoms with van der Waals surface area (Å²) in [4.78, 5) is 0. The monoisotopic (exact) mass is 314 g/mol. The van der Waals surface area contributed by atoms with Gasteiger partial charge in [-0.3, -0.25) is 0 Å². The van der Waals surface area contributed by atoms with Crippen LogP contribution in [0.15, 0.2) is 36.4 Å². The van der Waals surface area contributed by atoms with Crippen molar-refractivity contribution in [2.45, 2.75) is 12.5 Å². The van der Waals surface area contributed by atoms with Gasteiger partial charge >= 0.3 is 0 Å². The van der Waals surface area contributed by atoms with Gasteiger partial charge < -0.3 is 9.47 Å². The first-order chi connectivity index (χ1) is 9.63. The highest BCUT2D eigenvalue weighted by Crippen LogP contribution is 2.27. The summed E-state index contributed by atoms with van der Waals surface area (Å²) in [6, 6.07) is 9.68. The molecule has 0 amide bonds. The van der Waals surface area contributed by atoms with Crippen molar-refractivity contribution in [2.24, 2.45) is 0 Å². The van der Waals surface area contributed by atoms with Gasteiger partial charge in [-0.1, -0.05) is 17.7 Å². The smallest absolute Gasteiger partial charge is 0.129 e. The molecule has 5 heteroatoms. The van der Waals surface area contributed by atoms with Crippen molar-refractivity contribution in [1.82, 2.24) is 0 Å². The highest BCUT2D eigenvalue weighted by Gasteiger charge is 2.08. The first kappa shape index (κ1) is 14.9. The summed E-state index contributed by atoms with van der Waals surface area (Å²) in [6.07, 6.45) is 0. The van der Waals surface area contributed by atoms with Crippen molar-refractivity contribution in [3.05, 3.63) is 58.4 Å². The van der Waals surface area contributed by atoms with E-state index >= 15 is 0 Å². The van der Waals surface area contributed by atoms with Crippen LogP contribution in [0.5, 0.6) is 11.5 Å². The van der Waals surface area contributed by atoms with E-state index in [1.165, 1.54) is 18.2 Å². The topological polar surface area (TPSA) is 18.5 Å². The quantitative estimate of drug-likeness (QED) is 0.738. The van der Waals surface area contributed by atoms with Gasteiger partial charge in [0, 0.05) is 22.2 Å². The molecular formula is C15H13Cl2FO2. The zero-order valence-corrected chi connectivity index (χ0v) is 12.3. The predicted octanol–water partition coefficient (Wildman–Crippen LogP) is 4.81. The van der Waals surface area contributed by atoms with Gasteiger partial charge in [-0.2, -0.15) is 0 Å². The average molecular weight is 315 g/mol. The summed E-state index contributed by atoms with van der Waals surface area (Å²) >= 11 is 11.7. The van der Waals surface area contributed by atoms with E-state index in [9.17, 15) is 4.39 Å². The van der Waals surface area contributed by atoms with E-state index in [-0.39, 0.29) is 12.4 Å². The number of hydrogen-bond acceptors (Lipinski definition) is 2. The summed E-state index contributed by atoms with van der Waals surface area (Å²) in [5.74, 6) is 1.17. The third kappa shape index (κ3) is 3.56. The minimum atomic E-state index is -0.357. The van der Waals surface area contributed by atoms with Gasteiger partial charge in [0.15, 0.2) is 0 Å². The number of alkyl halides is 1. The zero-order valence-electron chi connectivity index (χ0n) is 10.8. The number of methoxy groups -OCH3 is 1. The van der Waals surface area contributed by atoms with Crippen LogP contribution in [-0.2, 0) is 12.5 Å². The molecule has 2 rings (SSSR count). The maximum absolute atomic E-state index is 13.6. The molecule has 0 bridgehead atoms. The Morgan fingerprint density at radius 3 is 2.60 bits per heavy atom. The Morgan fingerprint density at radius 1 is 1.10 bits per heavy atom. The van der Waals surface area contributed by atoms with E-state index in [0.717, 1.165) is 5.56 Å². The largest absolute Gasteiger partial charge is 0.497 e. The molecule has 0 aliphatic rings. The minimum absolute atomic E-state index is 0.0729. The summed E-state index contributed by atoms with van der Waals surface area (Å²) in [6.45, 7) is 0.0729. The van der Waals surface area contributed by atoms with Crippen molar-refractivity contribution in [2.75, 3.05) is 7.11 Å². The number of rotatable bonds is 5. The number of halogens is 3. The highest BCUT2D eigenvalue weighted by molar-refractivity contribution is 6.30. The summed E-state index contributed by atoms with van der Waals surface area (Å²) < 4.78 is 24.4. The molecule has 2 aromatic carbocycles. The molecule has 0 heterocycles. The molecule has 0 aliphatic heterocycles. The SMILES string of the molecule is COc1ccc(CCl)c(OCc2cc(Cl)ccc2F)c1. The molecule has 0 aromatic heterocycles. The highest BCUT2D eigenvalue weighted by atomic mass is 35.5. The molecule has 0 atom stereocenters. The Labute approximate surface area is 127 Å².